The zero-order valence-corrected chi connectivity index (χ0v) is 13.7. The molecule has 0 radical (unpaired) electrons. The molecule has 0 unspecified atom stereocenters. The normalized spacial score (nSPS) is 10.7. The number of benzene rings is 1. The summed E-state index contributed by atoms with van der Waals surface area (Å²) in [4.78, 5) is 11.0. The first-order valence-electron chi connectivity index (χ1n) is 6.43. The number of aromatic nitrogens is 2. The summed E-state index contributed by atoms with van der Waals surface area (Å²) in [7, 11) is 3.65. The standard InChI is InChI=1S/C15H18BrN3O/c1-10(2)15-17-13(16)9-14(18-15)19(3)11-5-7-12(20-4)8-6-11/h5-10H,1-4H3. The molecule has 0 fully saturated rings. The number of hydrogen-bond acceptors (Lipinski definition) is 4. The summed E-state index contributed by atoms with van der Waals surface area (Å²) in [5.41, 5.74) is 1.05. The predicted molar refractivity (Wildman–Crippen MR) is 84.9 cm³/mol. The van der Waals surface area contributed by atoms with Crippen LogP contribution in [0.5, 0.6) is 5.75 Å². The van der Waals surface area contributed by atoms with Crippen LogP contribution < -0.4 is 9.64 Å². The first-order valence-corrected chi connectivity index (χ1v) is 7.23. The van der Waals surface area contributed by atoms with Gasteiger partial charge in [0.2, 0.25) is 0 Å². The van der Waals surface area contributed by atoms with E-state index in [1.165, 1.54) is 0 Å². The fourth-order valence-electron chi connectivity index (χ4n) is 1.79. The minimum absolute atomic E-state index is 0.288. The van der Waals surface area contributed by atoms with Gasteiger partial charge in [-0.25, -0.2) is 9.97 Å². The number of ether oxygens (including phenoxy) is 1. The molecule has 1 heterocycles. The maximum absolute atomic E-state index is 5.17. The Balaban J connectivity index is 2.34. The van der Waals surface area contributed by atoms with E-state index in [9.17, 15) is 0 Å². The summed E-state index contributed by atoms with van der Waals surface area (Å²) >= 11 is 3.45. The van der Waals surface area contributed by atoms with Gasteiger partial charge in [0.05, 0.1) is 7.11 Å². The van der Waals surface area contributed by atoms with Gasteiger partial charge in [-0.2, -0.15) is 0 Å². The summed E-state index contributed by atoms with van der Waals surface area (Å²) in [5.74, 6) is 2.82. The molecule has 0 N–H and O–H groups in total. The molecule has 0 bridgehead atoms. The SMILES string of the molecule is COc1ccc(N(C)c2cc(Br)nc(C(C)C)n2)cc1. The van der Waals surface area contributed by atoms with Gasteiger partial charge in [0.25, 0.3) is 0 Å². The Morgan fingerprint density at radius 1 is 1.15 bits per heavy atom. The molecule has 0 spiro atoms. The third-order valence-electron chi connectivity index (χ3n) is 3.02. The Hall–Kier alpha value is -1.62. The Bertz CT molecular complexity index is 584. The first-order chi connectivity index (χ1) is 9.51. The zero-order chi connectivity index (χ0) is 14.7. The average molecular weight is 336 g/mol. The van der Waals surface area contributed by atoms with Crippen LogP contribution in [0.1, 0.15) is 25.6 Å². The number of rotatable bonds is 4. The van der Waals surface area contributed by atoms with Crippen LogP contribution in [0.3, 0.4) is 0 Å². The average Bonchev–Trinajstić information content (AvgIpc) is 2.46. The van der Waals surface area contributed by atoms with Gasteiger partial charge in [-0.1, -0.05) is 13.8 Å². The number of halogens is 1. The highest BCUT2D eigenvalue weighted by atomic mass is 79.9. The smallest absolute Gasteiger partial charge is 0.137 e. The van der Waals surface area contributed by atoms with E-state index in [2.05, 4.69) is 39.7 Å². The van der Waals surface area contributed by atoms with Crippen LogP contribution in [-0.2, 0) is 0 Å². The molecule has 0 aliphatic carbocycles. The zero-order valence-electron chi connectivity index (χ0n) is 12.1. The molecule has 0 aliphatic heterocycles. The molecule has 20 heavy (non-hydrogen) atoms. The lowest BCUT2D eigenvalue weighted by Crippen LogP contribution is -2.13. The molecule has 0 saturated heterocycles. The first kappa shape index (κ1) is 14.8. The highest BCUT2D eigenvalue weighted by molar-refractivity contribution is 9.10. The van der Waals surface area contributed by atoms with E-state index in [0.717, 1.165) is 27.7 Å². The van der Waals surface area contributed by atoms with Crippen molar-refractivity contribution >= 4 is 27.4 Å². The second-order valence-corrected chi connectivity index (χ2v) is 5.63. The summed E-state index contributed by atoms with van der Waals surface area (Å²) in [5, 5.41) is 0. The van der Waals surface area contributed by atoms with Crippen molar-refractivity contribution in [3.63, 3.8) is 0 Å². The van der Waals surface area contributed by atoms with Crippen molar-refractivity contribution in [3.05, 3.63) is 40.8 Å². The lowest BCUT2D eigenvalue weighted by atomic mass is 10.2. The van der Waals surface area contributed by atoms with Crippen molar-refractivity contribution in [2.75, 3.05) is 19.1 Å². The minimum Gasteiger partial charge on any atom is -0.497 e. The molecule has 2 aromatic rings. The van der Waals surface area contributed by atoms with Gasteiger partial charge in [-0.15, -0.1) is 0 Å². The van der Waals surface area contributed by atoms with Gasteiger partial charge in [0.1, 0.15) is 22.0 Å². The van der Waals surface area contributed by atoms with Gasteiger partial charge in [-0.05, 0) is 40.2 Å². The largest absolute Gasteiger partial charge is 0.497 e. The van der Waals surface area contributed by atoms with Crippen LogP contribution in [0.25, 0.3) is 0 Å². The molecular weight excluding hydrogens is 318 g/mol. The van der Waals surface area contributed by atoms with Crippen LogP contribution in [0, 0.1) is 0 Å². The summed E-state index contributed by atoms with van der Waals surface area (Å²) in [6.07, 6.45) is 0. The molecule has 0 atom stereocenters. The van der Waals surface area contributed by atoms with Crippen LogP contribution in [0.2, 0.25) is 0 Å². The monoisotopic (exact) mass is 335 g/mol. The Morgan fingerprint density at radius 3 is 2.35 bits per heavy atom. The molecule has 4 nitrogen and oxygen atoms in total. The summed E-state index contributed by atoms with van der Waals surface area (Å²) in [6, 6.07) is 9.79. The fraction of sp³-hybridized carbons (Fsp3) is 0.333. The molecule has 0 saturated carbocycles. The second-order valence-electron chi connectivity index (χ2n) is 4.82. The number of nitrogens with zero attached hydrogens (tertiary/aromatic N) is 3. The van der Waals surface area contributed by atoms with Crippen LogP contribution in [0.15, 0.2) is 34.9 Å². The van der Waals surface area contributed by atoms with Crippen LogP contribution in [-0.4, -0.2) is 24.1 Å². The van der Waals surface area contributed by atoms with Crippen molar-refractivity contribution in [1.82, 2.24) is 9.97 Å². The lowest BCUT2D eigenvalue weighted by molar-refractivity contribution is 0.415. The second kappa shape index (κ2) is 6.22. The van der Waals surface area contributed by atoms with Crippen molar-refractivity contribution in [2.45, 2.75) is 19.8 Å². The van der Waals surface area contributed by atoms with Crippen LogP contribution in [0.4, 0.5) is 11.5 Å². The highest BCUT2D eigenvalue weighted by Crippen LogP contribution is 2.26. The van der Waals surface area contributed by atoms with E-state index in [1.54, 1.807) is 7.11 Å². The minimum atomic E-state index is 0.288. The highest BCUT2D eigenvalue weighted by Gasteiger charge is 2.11. The summed E-state index contributed by atoms with van der Waals surface area (Å²) < 4.78 is 5.97. The van der Waals surface area contributed by atoms with Crippen molar-refractivity contribution < 1.29 is 4.74 Å². The number of hydrogen-bond donors (Lipinski definition) is 0. The predicted octanol–water partition coefficient (Wildman–Crippen LogP) is 4.14. The van der Waals surface area contributed by atoms with Gasteiger partial charge in [0.15, 0.2) is 0 Å². The van der Waals surface area contributed by atoms with E-state index >= 15 is 0 Å². The molecule has 5 heteroatoms. The summed E-state index contributed by atoms with van der Waals surface area (Å²) in [6.45, 7) is 4.16. The molecule has 1 aromatic heterocycles. The quantitative estimate of drug-likeness (QED) is 0.787. The molecule has 0 aliphatic rings. The van der Waals surface area contributed by atoms with Crippen molar-refractivity contribution in [2.24, 2.45) is 0 Å². The van der Waals surface area contributed by atoms with Gasteiger partial charge in [0, 0.05) is 24.7 Å². The third kappa shape index (κ3) is 3.28. The molecule has 1 aromatic carbocycles. The van der Waals surface area contributed by atoms with E-state index in [1.807, 2.05) is 42.3 Å². The van der Waals surface area contributed by atoms with Gasteiger partial charge >= 0.3 is 0 Å². The van der Waals surface area contributed by atoms with Gasteiger partial charge < -0.3 is 9.64 Å². The molecular formula is C15H18BrN3O. The maximum Gasteiger partial charge on any atom is 0.137 e. The molecule has 106 valence electrons. The van der Waals surface area contributed by atoms with E-state index in [4.69, 9.17) is 4.74 Å². The Morgan fingerprint density at radius 2 is 1.80 bits per heavy atom. The lowest BCUT2D eigenvalue weighted by Gasteiger charge is -2.20. The van der Waals surface area contributed by atoms with E-state index in [-0.39, 0.29) is 5.92 Å². The van der Waals surface area contributed by atoms with E-state index in [0.29, 0.717) is 0 Å². The van der Waals surface area contributed by atoms with Crippen LogP contribution >= 0.6 is 15.9 Å². The Labute approximate surface area is 127 Å². The number of methoxy groups -OCH3 is 1. The van der Waals surface area contributed by atoms with Gasteiger partial charge in [-0.3, -0.25) is 0 Å². The number of anilines is 2. The van der Waals surface area contributed by atoms with E-state index < -0.39 is 0 Å². The topological polar surface area (TPSA) is 38.2 Å². The Kier molecular flexibility index (Phi) is 4.60. The maximum atomic E-state index is 5.17. The van der Waals surface area contributed by atoms with Crippen molar-refractivity contribution in [3.8, 4) is 5.75 Å². The fourth-order valence-corrected chi connectivity index (χ4v) is 2.18. The molecule has 2 rings (SSSR count). The van der Waals surface area contributed by atoms with Crippen molar-refractivity contribution in [1.29, 1.82) is 0 Å². The third-order valence-corrected chi connectivity index (χ3v) is 3.42. The molecule has 0 amide bonds.